The monoisotopic (exact) mass is 314 g/mol. The van der Waals surface area contributed by atoms with Gasteiger partial charge in [-0.05, 0) is 24.3 Å². The second-order valence-electron chi connectivity index (χ2n) is 4.42. The van der Waals surface area contributed by atoms with E-state index >= 15 is 0 Å². The number of carbonyl (C=O) groups excluding carboxylic acids is 2. The average molecular weight is 314 g/mol. The standard InChI is InChI=1S/C13H11FO8/c14-7-3-1-6(2-4-7)11(18)22-13(20,5-15)10-8(16)9(17)12(19)21-10/h1-4,10,15-17,20H,5H2/t10-,13+/m0/s1. The van der Waals surface area contributed by atoms with Gasteiger partial charge in [0.2, 0.25) is 11.9 Å². The molecule has 0 aromatic heterocycles. The quantitative estimate of drug-likeness (QED) is 0.448. The number of ether oxygens (including phenoxy) is 2. The van der Waals surface area contributed by atoms with Crippen LogP contribution < -0.4 is 0 Å². The first-order chi connectivity index (χ1) is 10.3. The Morgan fingerprint density at radius 2 is 1.91 bits per heavy atom. The summed E-state index contributed by atoms with van der Waals surface area (Å²) in [7, 11) is 0. The first-order valence-corrected chi connectivity index (χ1v) is 5.93. The van der Waals surface area contributed by atoms with E-state index in [9.17, 15) is 29.3 Å². The van der Waals surface area contributed by atoms with Crippen LogP contribution >= 0.6 is 0 Å². The summed E-state index contributed by atoms with van der Waals surface area (Å²) in [5.41, 5.74) is -0.162. The Morgan fingerprint density at radius 3 is 2.36 bits per heavy atom. The maximum atomic E-state index is 12.8. The molecule has 0 amide bonds. The minimum absolute atomic E-state index is 0.162. The molecule has 0 saturated heterocycles. The van der Waals surface area contributed by atoms with Crippen molar-refractivity contribution in [1.29, 1.82) is 0 Å². The summed E-state index contributed by atoms with van der Waals surface area (Å²) in [5, 5.41) is 37.9. The van der Waals surface area contributed by atoms with E-state index in [0.717, 1.165) is 24.3 Å². The summed E-state index contributed by atoms with van der Waals surface area (Å²) in [5.74, 6) is -8.22. The van der Waals surface area contributed by atoms with Gasteiger partial charge in [-0.3, -0.25) is 0 Å². The van der Waals surface area contributed by atoms with Crippen molar-refractivity contribution in [3.05, 3.63) is 47.2 Å². The summed E-state index contributed by atoms with van der Waals surface area (Å²) in [6.45, 7) is -1.24. The minimum atomic E-state index is -2.82. The van der Waals surface area contributed by atoms with Crippen molar-refractivity contribution in [2.75, 3.05) is 6.61 Å². The van der Waals surface area contributed by atoms with E-state index in [-0.39, 0.29) is 5.56 Å². The SMILES string of the molecule is O=C1O[C@H]([C@@](O)(CO)OC(=O)c2ccc(F)cc2)C(O)=C1O. The highest BCUT2D eigenvalue weighted by atomic mass is 19.1. The van der Waals surface area contributed by atoms with Crippen molar-refractivity contribution in [3.63, 3.8) is 0 Å². The molecule has 1 aromatic rings. The number of carbonyl (C=O) groups is 2. The molecule has 118 valence electrons. The van der Waals surface area contributed by atoms with Crippen LogP contribution in [0.4, 0.5) is 4.39 Å². The predicted octanol–water partition coefficient (Wildman–Crippen LogP) is -0.0836. The van der Waals surface area contributed by atoms with E-state index in [2.05, 4.69) is 9.47 Å². The van der Waals surface area contributed by atoms with Gasteiger partial charge in [0.05, 0.1) is 5.56 Å². The van der Waals surface area contributed by atoms with Crippen LogP contribution in [0, 0.1) is 5.82 Å². The number of hydrogen-bond acceptors (Lipinski definition) is 8. The molecule has 2 atom stereocenters. The molecule has 0 bridgehead atoms. The smallest absolute Gasteiger partial charge is 0.378 e. The second-order valence-corrected chi connectivity index (χ2v) is 4.42. The number of hydrogen-bond donors (Lipinski definition) is 4. The Balaban J connectivity index is 2.23. The molecule has 2 rings (SSSR count). The van der Waals surface area contributed by atoms with Crippen molar-refractivity contribution in [3.8, 4) is 0 Å². The number of aliphatic hydroxyl groups excluding tert-OH is 3. The van der Waals surface area contributed by atoms with Crippen LogP contribution in [-0.4, -0.2) is 50.9 Å². The molecule has 0 saturated carbocycles. The van der Waals surface area contributed by atoms with Crippen molar-refractivity contribution in [2.45, 2.75) is 11.9 Å². The summed E-state index contributed by atoms with van der Waals surface area (Å²) in [6.07, 6.45) is -1.99. The first kappa shape index (κ1) is 15.7. The lowest BCUT2D eigenvalue weighted by Gasteiger charge is -2.29. The van der Waals surface area contributed by atoms with Crippen LogP contribution in [0.25, 0.3) is 0 Å². The minimum Gasteiger partial charge on any atom is -0.505 e. The zero-order chi connectivity index (χ0) is 16.5. The first-order valence-electron chi connectivity index (χ1n) is 5.93. The van der Waals surface area contributed by atoms with E-state index < -0.39 is 47.8 Å². The molecule has 1 aromatic carbocycles. The molecule has 22 heavy (non-hydrogen) atoms. The van der Waals surface area contributed by atoms with Gasteiger partial charge in [0.25, 0.3) is 5.79 Å². The zero-order valence-corrected chi connectivity index (χ0v) is 10.9. The van der Waals surface area contributed by atoms with E-state index in [1.54, 1.807) is 0 Å². The lowest BCUT2D eigenvalue weighted by Crippen LogP contribution is -2.50. The van der Waals surface area contributed by atoms with E-state index in [0.29, 0.717) is 0 Å². The van der Waals surface area contributed by atoms with Crippen molar-refractivity contribution in [1.82, 2.24) is 0 Å². The van der Waals surface area contributed by atoms with Gasteiger partial charge in [-0.15, -0.1) is 0 Å². The van der Waals surface area contributed by atoms with Crippen LogP contribution in [0.3, 0.4) is 0 Å². The van der Waals surface area contributed by atoms with Crippen LogP contribution in [0.1, 0.15) is 10.4 Å². The number of aliphatic hydroxyl groups is 4. The molecule has 0 radical (unpaired) electrons. The molecule has 8 nitrogen and oxygen atoms in total. The maximum absolute atomic E-state index is 12.8. The molecule has 0 fully saturated rings. The third kappa shape index (κ3) is 2.71. The van der Waals surface area contributed by atoms with E-state index in [4.69, 9.17) is 5.11 Å². The van der Waals surface area contributed by atoms with Gasteiger partial charge in [0.15, 0.2) is 5.76 Å². The highest BCUT2D eigenvalue weighted by Gasteiger charge is 2.52. The third-order valence-electron chi connectivity index (χ3n) is 2.89. The van der Waals surface area contributed by atoms with Gasteiger partial charge in [-0.1, -0.05) is 0 Å². The number of esters is 2. The number of benzene rings is 1. The average Bonchev–Trinajstić information content (AvgIpc) is 2.76. The lowest BCUT2D eigenvalue weighted by atomic mass is 10.1. The van der Waals surface area contributed by atoms with Crippen molar-refractivity contribution in [2.24, 2.45) is 0 Å². The second kappa shape index (κ2) is 5.62. The third-order valence-corrected chi connectivity index (χ3v) is 2.89. The van der Waals surface area contributed by atoms with Crippen molar-refractivity contribution < 1.29 is 43.9 Å². The number of rotatable bonds is 4. The van der Waals surface area contributed by atoms with Gasteiger partial charge in [0, 0.05) is 0 Å². The topological polar surface area (TPSA) is 134 Å². The fourth-order valence-electron chi connectivity index (χ4n) is 1.73. The highest BCUT2D eigenvalue weighted by Crippen LogP contribution is 2.29. The summed E-state index contributed by atoms with van der Waals surface area (Å²) >= 11 is 0. The Labute approximate surface area is 122 Å². The Kier molecular flexibility index (Phi) is 4.02. The van der Waals surface area contributed by atoms with Crippen LogP contribution in [0.5, 0.6) is 0 Å². The summed E-state index contributed by atoms with van der Waals surface area (Å²) in [4.78, 5) is 22.9. The summed E-state index contributed by atoms with van der Waals surface area (Å²) in [6, 6.07) is 4.05. The van der Waals surface area contributed by atoms with Gasteiger partial charge in [-0.2, -0.15) is 0 Å². The molecule has 0 unspecified atom stereocenters. The predicted molar refractivity (Wildman–Crippen MR) is 66.0 cm³/mol. The van der Waals surface area contributed by atoms with Crippen LogP contribution in [-0.2, 0) is 14.3 Å². The molecule has 1 aliphatic rings. The molecule has 0 spiro atoms. The maximum Gasteiger partial charge on any atom is 0.378 e. The largest absolute Gasteiger partial charge is 0.505 e. The molecule has 1 heterocycles. The highest BCUT2D eigenvalue weighted by molar-refractivity contribution is 5.90. The van der Waals surface area contributed by atoms with Crippen LogP contribution in [0.2, 0.25) is 0 Å². The van der Waals surface area contributed by atoms with E-state index in [1.165, 1.54) is 0 Å². The zero-order valence-electron chi connectivity index (χ0n) is 10.9. The number of halogens is 1. The fourth-order valence-corrected chi connectivity index (χ4v) is 1.73. The van der Waals surface area contributed by atoms with Crippen molar-refractivity contribution >= 4 is 11.9 Å². The normalized spacial score (nSPS) is 20.5. The Bertz CT molecular complexity index is 638. The molecule has 4 N–H and O–H groups in total. The van der Waals surface area contributed by atoms with Gasteiger partial charge in [-0.25, -0.2) is 14.0 Å². The summed E-state index contributed by atoms with van der Waals surface area (Å²) < 4.78 is 21.8. The van der Waals surface area contributed by atoms with Gasteiger partial charge < -0.3 is 29.9 Å². The molecular weight excluding hydrogens is 303 g/mol. The number of cyclic esters (lactones) is 1. The van der Waals surface area contributed by atoms with Crippen LogP contribution in [0.15, 0.2) is 35.8 Å². The molecular formula is C13H11FO8. The van der Waals surface area contributed by atoms with Gasteiger partial charge >= 0.3 is 11.9 Å². The molecule has 0 aliphatic carbocycles. The Hall–Kier alpha value is -2.65. The fraction of sp³-hybridized carbons (Fsp3) is 0.231. The molecule has 9 heteroatoms. The lowest BCUT2D eigenvalue weighted by molar-refractivity contribution is -0.241. The molecule has 1 aliphatic heterocycles. The van der Waals surface area contributed by atoms with E-state index in [1.807, 2.05) is 0 Å². The Morgan fingerprint density at radius 1 is 1.32 bits per heavy atom. The van der Waals surface area contributed by atoms with Gasteiger partial charge in [0.1, 0.15) is 12.4 Å².